The van der Waals surface area contributed by atoms with Crippen LogP contribution < -0.4 is 10.2 Å². The molecule has 1 aliphatic heterocycles. The Labute approximate surface area is 151 Å². The molecule has 0 unspecified atom stereocenters. The highest BCUT2D eigenvalue weighted by atomic mass is 16.5. The normalized spacial score (nSPS) is 17.5. The molecule has 0 atom stereocenters. The van der Waals surface area contributed by atoms with Gasteiger partial charge >= 0.3 is 0 Å². The van der Waals surface area contributed by atoms with Gasteiger partial charge in [0.1, 0.15) is 17.4 Å². The van der Waals surface area contributed by atoms with Crippen molar-refractivity contribution in [1.29, 1.82) is 0 Å². The molecule has 1 saturated carbocycles. The number of nitrogens with zero attached hydrogens (tertiary/aromatic N) is 5. The molecular weight excluding hydrogens is 328 g/mol. The number of benzene rings is 1. The molecular formula is C19H20N6O. The van der Waals surface area contributed by atoms with Gasteiger partial charge in [0.05, 0.1) is 19.4 Å². The summed E-state index contributed by atoms with van der Waals surface area (Å²) in [7, 11) is 0. The molecule has 1 aromatic carbocycles. The Morgan fingerprint density at radius 1 is 1.08 bits per heavy atom. The second-order valence-corrected chi connectivity index (χ2v) is 6.75. The first-order chi connectivity index (χ1) is 12.9. The summed E-state index contributed by atoms with van der Waals surface area (Å²) >= 11 is 0. The van der Waals surface area contributed by atoms with E-state index >= 15 is 0 Å². The molecule has 0 bridgehead atoms. The van der Waals surface area contributed by atoms with Crippen molar-refractivity contribution in [3.63, 3.8) is 0 Å². The topological polar surface area (TPSA) is 76.1 Å². The molecule has 3 aromatic rings. The average molecular weight is 348 g/mol. The number of hydrogen-bond acceptors (Lipinski definition) is 7. The maximum atomic E-state index is 5.41. The van der Waals surface area contributed by atoms with E-state index in [0.29, 0.717) is 30.9 Å². The standard InChI is InChI=1S/C19H20N6O/c1-2-14(13-4-5-13)10-15(3-1)23-18-17-16(21-12-22-18)11-20-19(24-17)25-6-8-26-9-7-25/h1-3,10-13H,4-9H2,(H,21,22,23). The monoisotopic (exact) mass is 348 g/mol. The lowest BCUT2D eigenvalue weighted by Crippen LogP contribution is -2.37. The molecule has 1 N–H and O–H groups in total. The second kappa shape index (κ2) is 6.49. The first-order valence-electron chi connectivity index (χ1n) is 9.04. The minimum atomic E-state index is 0.699. The number of ether oxygens (including phenoxy) is 1. The lowest BCUT2D eigenvalue weighted by atomic mass is 10.1. The molecule has 1 saturated heterocycles. The maximum absolute atomic E-state index is 5.41. The summed E-state index contributed by atoms with van der Waals surface area (Å²) in [6, 6.07) is 8.55. The number of hydrogen-bond donors (Lipinski definition) is 1. The summed E-state index contributed by atoms with van der Waals surface area (Å²) in [5, 5.41) is 3.42. The number of rotatable bonds is 4. The zero-order valence-electron chi connectivity index (χ0n) is 14.4. The second-order valence-electron chi connectivity index (χ2n) is 6.75. The van der Waals surface area contributed by atoms with Crippen molar-refractivity contribution in [1.82, 2.24) is 19.9 Å². The van der Waals surface area contributed by atoms with Crippen LogP contribution in [-0.2, 0) is 4.74 Å². The third-order valence-electron chi connectivity index (χ3n) is 4.86. The number of anilines is 3. The largest absolute Gasteiger partial charge is 0.378 e. The van der Waals surface area contributed by atoms with Gasteiger partial charge in [-0.3, -0.25) is 0 Å². The third kappa shape index (κ3) is 3.06. The van der Waals surface area contributed by atoms with Crippen LogP contribution in [0.15, 0.2) is 36.8 Å². The van der Waals surface area contributed by atoms with E-state index in [2.05, 4.69) is 49.4 Å². The van der Waals surface area contributed by atoms with E-state index in [4.69, 9.17) is 9.72 Å². The molecule has 7 nitrogen and oxygen atoms in total. The fourth-order valence-corrected chi connectivity index (χ4v) is 3.28. The van der Waals surface area contributed by atoms with Crippen molar-refractivity contribution in [2.75, 3.05) is 36.5 Å². The van der Waals surface area contributed by atoms with E-state index in [9.17, 15) is 0 Å². The Morgan fingerprint density at radius 3 is 2.81 bits per heavy atom. The minimum Gasteiger partial charge on any atom is -0.378 e. The van der Waals surface area contributed by atoms with Gasteiger partial charge in [-0.25, -0.2) is 19.9 Å². The SMILES string of the molecule is c1cc(Nc2ncnc3cnc(N4CCOCC4)nc23)cc(C2CC2)c1. The van der Waals surface area contributed by atoms with Crippen LogP contribution in [0.1, 0.15) is 24.3 Å². The molecule has 26 heavy (non-hydrogen) atoms. The molecule has 3 heterocycles. The number of nitrogens with one attached hydrogen (secondary N) is 1. The van der Waals surface area contributed by atoms with E-state index in [1.807, 2.05) is 0 Å². The van der Waals surface area contributed by atoms with Gasteiger partial charge in [0, 0.05) is 18.8 Å². The number of fused-ring (bicyclic) bond motifs is 1. The lowest BCUT2D eigenvalue weighted by Gasteiger charge is -2.26. The molecule has 0 amide bonds. The Morgan fingerprint density at radius 2 is 1.96 bits per heavy atom. The quantitative estimate of drug-likeness (QED) is 0.777. The van der Waals surface area contributed by atoms with Crippen molar-refractivity contribution in [3.8, 4) is 0 Å². The summed E-state index contributed by atoms with van der Waals surface area (Å²) in [5.41, 5.74) is 3.89. The van der Waals surface area contributed by atoms with Crippen LogP contribution in [0.3, 0.4) is 0 Å². The first kappa shape index (κ1) is 15.5. The summed E-state index contributed by atoms with van der Waals surface area (Å²) in [4.78, 5) is 20.1. The zero-order valence-corrected chi connectivity index (χ0v) is 14.4. The van der Waals surface area contributed by atoms with Gasteiger partial charge in [0.25, 0.3) is 0 Å². The molecule has 7 heteroatoms. The van der Waals surface area contributed by atoms with Crippen LogP contribution in [0.5, 0.6) is 0 Å². The van der Waals surface area contributed by atoms with Gasteiger partial charge in [-0.15, -0.1) is 0 Å². The highest BCUT2D eigenvalue weighted by Gasteiger charge is 2.23. The summed E-state index contributed by atoms with van der Waals surface area (Å²) in [5.74, 6) is 2.12. The highest BCUT2D eigenvalue weighted by molar-refractivity contribution is 5.87. The smallest absolute Gasteiger partial charge is 0.226 e. The predicted octanol–water partition coefficient (Wildman–Crippen LogP) is 2.88. The van der Waals surface area contributed by atoms with E-state index in [-0.39, 0.29) is 0 Å². The predicted molar refractivity (Wildman–Crippen MR) is 99.9 cm³/mol. The fourth-order valence-electron chi connectivity index (χ4n) is 3.28. The van der Waals surface area contributed by atoms with Gasteiger partial charge < -0.3 is 15.0 Å². The summed E-state index contributed by atoms with van der Waals surface area (Å²) < 4.78 is 5.41. The summed E-state index contributed by atoms with van der Waals surface area (Å²) in [6.07, 6.45) is 5.89. The van der Waals surface area contributed by atoms with E-state index in [1.54, 1.807) is 12.5 Å². The van der Waals surface area contributed by atoms with Crippen molar-refractivity contribution in [3.05, 3.63) is 42.4 Å². The van der Waals surface area contributed by atoms with Gasteiger partial charge in [-0.2, -0.15) is 0 Å². The van der Waals surface area contributed by atoms with Crippen LogP contribution in [-0.4, -0.2) is 46.2 Å². The minimum absolute atomic E-state index is 0.699. The van der Waals surface area contributed by atoms with Crippen LogP contribution in [0.4, 0.5) is 17.5 Å². The van der Waals surface area contributed by atoms with E-state index in [0.717, 1.165) is 29.8 Å². The fraction of sp³-hybridized carbons (Fsp3) is 0.368. The van der Waals surface area contributed by atoms with Crippen molar-refractivity contribution >= 4 is 28.5 Å². The molecule has 0 radical (unpaired) electrons. The number of aromatic nitrogens is 4. The molecule has 2 fully saturated rings. The van der Waals surface area contributed by atoms with Crippen LogP contribution >= 0.6 is 0 Å². The van der Waals surface area contributed by atoms with E-state index < -0.39 is 0 Å². The first-order valence-corrected chi connectivity index (χ1v) is 9.04. The van der Waals surface area contributed by atoms with E-state index in [1.165, 1.54) is 18.4 Å². The number of morpholine rings is 1. The Kier molecular flexibility index (Phi) is 3.86. The average Bonchev–Trinajstić information content (AvgIpc) is 3.54. The molecule has 5 rings (SSSR count). The van der Waals surface area contributed by atoms with Crippen molar-refractivity contribution in [2.24, 2.45) is 0 Å². The molecule has 132 valence electrons. The third-order valence-corrected chi connectivity index (χ3v) is 4.86. The van der Waals surface area contributed by atoms with Gasteiger partial charge in [0.2, 0.25) is 5.95 Å². The molecule has 0 spiro atoms. The Bertz CT molecular complexity index is 936. The Balaban J connectivity index is 1.49. The van der Waals surface area contributed by atoms with Gasteiger partial charge in [-0.1, -0.05) is 12.1 Å². The zero-order chi connectivity index (χ0) is 17.3. The lowest BCUT2D eigenvalue weighted by molar-refractivity contribution is 0.122. The van der Waals surface area contributed by atoms with Crippen LogP contribution in [0.25, 0.3) is 11.0 Å². The molecule has 2 aromatic heterocycles. The van der Waals surface area contributed by atoms with Gasteiger partial charge in [0.15, 0.2) is 5.82 Å². The summed E-state index contributed by atoms with van der Waals surface area (Å²) in [6.45, 7) is 2.99. The molecule has 1 aliphatic carbocycles. The van der Waals surface area contributed by atoms with Crippen molar-refractivity contribution in [2.45, 2.75) is 18.8 Å². The highest BCUT2D eigenvalue weighted by Crippen LogP contribution is 2.40. The van der Waals surface area contributed by atoms with Gasteiger partial charge in [-0.05, 0) is 36.5 Å². The van der Waals surface area contributed by atoms with Crippen LogP contribution in [0.2, 0.25) is 0 Å². The van der Waals surface area contributed by atoms with Crippen molar-refractivity contribution < 1.29 is 4.74 Å². The Hall–Kier alpha value is -2.80. The molecule has 2 aliphatic rings. The maximum Gasteiger partial charge on any atom is 0.226 e. The van der Waals surface area contributed by atoms with Crippen LogP contribution in [0, 0.1) is 0 Å².